The number of aryl methyl sites for hydroxylation is 2. The summed E-state index contributed by atoms with van der Waals surface area (Å²) < 4.78 is 85.2. The lowest BCUT2D eigenvalue weighted by atomic mass is 9.90. The Balaban J connectivity index is 1.86. The largest absolute Gasteiger partial charge is 0.270 e. The van der Waals surface area contributed by atoms with Crippen LogP contribution >= 0.6 is 0 Å². The highest BCUT2D eigenvalue weighted by Gasteiger charge is 2.42. The highest BCUT2D eigenvalue weighted by Crippen LogP contribution is 2.33. The minimum atomic E-state index is -3.91. The highest BCUT2D eigenvalue weighted by molar-refractivity contribution is 7.89. The van der Waals surface area contributed by atoms with E-state index >= 15 is 0 Å². The monoisotopic (exact) mass is 614 g/mol. The van der Waals surface area contributed by atoms with Gasteiger partial charge in [-0.25, -0.2) is 16.8 Å². The van der Waals surface area contributed by atoms with E-state index in [1.54, 1.807) is 55.6 Å². The van der Waals surface area contributed by atoms with Crippen molar-refractivity contribution in [1.29, 1.82) is 0 Å². The average Bonchev–Trinajstić information content (AvgIpc) is 2.89. The molecule has 12 heteroatoms. The quantitative estimate of drug-likeness (QED) is 0.228. The van der Waals surface area contributed by atoms with Crippen molar-refractivity contribution in [1.82, 2.24) is 8.61 Å². The van der Waals surface area contributed by atoms with Gasteiger partial charge in [-0.3, -0.25) is 4.18 Å². The van der Waals surface area contributed by atoms with E-state index in [1.165, 1.54) is 8.61 Å². The standard InChI is InChI=1S/C28H42N2O7S3/c1-23-13-17-25(18-14-23)39(33,34)29(3)27-11-7-8-12-28(27)30(21-9-5-6-10-22-37-38(4,31)32)40(35,36)26-19-15-24(2)16-20-26/h13-20,27-28H,5-12,21-22H2,1-4H3/t27-,28-/m1/s1. The zero-order valence-electron chi connectivity index (χ0n) is 23.8. The normalized spacial score (nSPS) is 18.9. The molecule has 0 bridgehead atoms. The van der Waals surface area contributed by atoms with Crippen LogP contribution in [0.25, 0.3) is 0 Å². The molecule has 2 aromatic carbocycles. The topological polar surface area (TPSA) is 118 Å². The molecule has 1 aliphatic rings. The Morgan fingerprint density at radius 2 is 1.18 bits per heavy atom. The molecule has 0 radical (unpaired) electrons. The molecule has 3 rings (SSSR count). The van der Waals surface area contributed by atoms with Crippen LogP contribution in [0.4, 0.5) is 0 Å². The van der Waals surface area contributed by atoms with Gasteiger partial charge in [-0.2, -0.15) is 17.0 Å². The molecule has 0 aliphatic heterocycles. The maximum absolute atomic E-state index is 14.0. The molecule has 1 saturated carbocycles. The third kappa shape index (κ3) is 8.59. The maximum Gasteiger partial charge on any atom is 0.264 e. The minimum absolute atomic E-state index is 0.0938. The lowest BCUT2D eigenvalue weighted by molar-refractivity contribution is 0.156. The van der Waals surface area contributed by atoms with Crippen molar-refractivity contribution in [2.75, 3.05) is 26.5 Å². The maximum atomic E-state index is 14.0. The van der Waals surface area contributed by atoms with E-state index in [4.69, 9.17) is 4.18 Å². The molecule has 0 saturated heterocycles. The lowest BCUT2D eigenvalue weighted by Gasteiger charge is -2.42. The lowest BCUT2D eigenvalue weighted by Crippen LogP contribution is -2.55. The van der Waals surface area contributed by atoms with E-state index in [1.807, 2.05) is 13.8 Å². The fraction of sp³-hybridized carbons (Fsp3) is 0.571. The second-order valence-corrected chi connectivity index (χ2v) is 16.2. The number of benzene rings is 2. The van der Waals surface area contributed by atoms with Crippen LogP contribution in [0.3, 0.4) is 0 Å². The van der Waals surface area contributed by atoms with E-state index in [0.29, 0.717) is 38.5 Å². The van der Waals surface area contributed by atoms with Gasteiger partial charge in [-0.15, -0.1) is 0 Å². The van der Waals surface area contributed by atoms with Gasteiger partial charge in [-0.05, 0) is 63.8 Å². The molecule has 1 fully saturated rings. The molecule has 2 aromatic rings. The molecule has 0 N–H and O–H groups in total. The van der Waals surface area contributed by atoms with Crippen molar-refractivity contribution in [3.8, 4) is 0 Å². The molecule has 1 aliphatic carbocycles. The smallest absolute Gasteiger partial charge is 0.264 e. The van der Waals surface area contributed by atoms with Crippen molar-refractivity contribution in [2.24, 2.45) is 0 Å². The highest BCUT2D eigenvalue weighted by atomic mass is 32.2. The Hall–Kier alpha value is -1.83. The number of sulfonamides is 2. The van der Waals surface area contributed by atoms with Gasteiger partial charge >= 0.3 is 0 Å². The first-order valence-electron chi connectivity index (χ1n) is 13.7. The number of unbranched alkanes of at least 4 members (excludes halogenated alkanes) is 3. The van der Waals surface area contributed by atoms with Crippen LogP contribution in [-0.2, 0) is 34.3 Å². The Bertz CT molecular complexity index is 1420. The van der Waals surface area contributed by atoms with Crippen LogP contribution in [0, 0.1) is 13.8 Å². The zero-order chi connectivity index (χ0) is 29.6. The summed E-state index contributed by atoms with van der Waals surface area (Å²) in [6.07, 6.45) is 6.23. The number of hydrogen-bond acceptors (Lipinski definition) is 7. The van der Waals surface area contributed by atoms with E-state index in [9.17, 15) is 25.3 Å². The first-order valence-corrected chi connectivity index (χ1v) is 18.4. The Morgan fingerprint density at radius 3 is 1.70 bits per heavy atom. The second kappa shape index (κ2) is 13.9. The van der Waals surface area contributed by atoms with Gasteiger partial charge in [0.15, 0.2) is 0 Å². The first-order chi connectivity index (χ1) is 18.7. The van der Waals surface area contributed by atoms with Crippen molar-refractivity contribution in [3.63, 3.8) is 0 Å². The van der Waals surface area contributed by atoms with E-state index < -0.39 is 42.2 Å². The van der Waals surface area contributed by atoms with E-state index in [2.05, 4.69) is 0 Å². The SMILES string of the molecule is Cc1ccc(S(=O)(=O)N(C)[C@@H]2CCCC[C@H]2N(CCCCCCOS(C)(=O)=O)S(=O)(=O)c2ccc(C)cc2)cc1. The van der Waals surface area contributed by atoms with Crippen LogP contribution < -0.4 is 0 Å². The number of hydrogen-bond donors (Lipinski definition) is 0. The first kappa shape index (κ1) is 32.7. The van der Waals surface area contributed by atoms with E-state index in [-0.39, 0.29) is 22.9 Å². The van der Waals surface area contributed by atoms with Gasteiger partial charge in [0.2, 0.25) is 20.0 Å². The average molecular weight is 615 g/mol. The van der Waals surface area contributed by atoms with Gasteiger partial charge in [-0.1, -0.05) is 61.1 Å². The number of rotatable bonds is 14. The Morgan fingerprint density at radius 1 is 0.700 bits per heavy atom. The molecule has 2 atom stereocenters. The van der Waals surface area contributed by atoms with Crippen molar-refractivity contribution < 1.29 is 29.4 Å². The van der Waals surface area contributed by atoms with Crippen LogP contribution in [-0.4, -0.2) is 72.4 Å². The second-order valence-electron chi connectivity index (χ2n) is 10.6. The molecular formula is C28H42N2O7S3. The predicted molar refractivity (Wildman–Crippen MR) is 157 cm³/mol. The van der Waals surface area contributed by atoms with Crippen molar-refractivity contribution >= 4 is 30.2 Å². The fourth-order valence-corrected chi connectivity index (χ4v) is 8.71. The summed E-state index contributed by atoms with van der Waals surface area (Å²) in [5.41, 5.74) is 1.90. The molecule has 0 heterocycles. The van der Waals surface area contributed by atoms with Gasteiger partial charge in [0.25, 0.3) is 10.1 Å². The van der Waals surface area contributed by atoms with Crippen LogP contribution in [0.2, 0.25) is 0 Å². The number of likely N-dealkylation sites (N-methyl/N-ethyl adjacent to an activating group) is 1. The third-order valence-corrected chi connectivity index (χ3v) is 11.9. The molecule has 0 aromatic heterocycles. The molecule has 0 spiro atoms. The summed E-state index contributed by atoms with van der Waals surface area (Å²) in [7, 11) is -9.68. The molecule has 9 nitrogen and oxygen atoms in total. The number of nitrogens with zero attached hydrogens (tertiary/aromatic N) is 2. The zero-order valence-corrected chi connectivity index (χ0v) is 26.3. The Labute approximate surface area is 240 Å². The summed E-state index contributed by atoms with van der Waals surface area (Å²) in [4.78, 5) is 0.377. The molecular weight excluding hydrogens is 573 g/mol. The Kier molecular flexibility index (Phi) is 11.3. The van der Waals surface area contributed by atoms with Crippen LogP contribution in [0.15, 0.2) is 58.3 Å². The van der Waals surface area contributed by atoms with Gasteiger partial charge in [0.1, 0.15) is 0 Å². The van der Waals surface area contributed by atoms with Gasteiger partial charge in [0.05, 0.1) is 22.7 Å². The molecule has 224 valence electrons. The van der Waals surface area contributed by atoms with Gasteiger partial charge < -0.3 is 0 Å². The molecule has 0 amide bonds. The predicted octanol–water partition coefficient (Wildman–Crippen LogP) is 4.46. The van der Waals surface area contributed by atoms with E-state index in [0.717, 1.165) is 30.2 Å². The van der Waals surface area contributed by atoms with Crippen LogP contribution in [0.1, 0.15) is 62.5 Å². The summed E-state index contributed by atoms with van der Waals surface area (Å²) in [5.74, 6) is 0. The summed E-state index contributed by atoms with van der Waals surface area (Å²) in [5, 5.41) is 0. The van der Waals surface area contributed by atoms with Crippen LogP contribution in [0.5, 0.6) is 0 Å². The summed E-state index contributed by atoms with van der Waals surface area (Å²) in [6.45, 7) is 4.12. The summed E-state index contributed by atoms with van der Waals surface area (Å²) in [6, 6.07) is 12.4. The molecule has 40 heavy (non-hydrogen) atoms. The fourth-order valence-electron chi connectivity index (χ4n) is 5.15. The third-order valence-electron chi connectivity index (χ3n) is 7.43. The minimum Gasteiger partial charge on any atom is -0.270 e. The van der Waals surface area contributed by atoms with Crippen molar-refractivity contribution in [3.05, 3.63) is 59.7 Å². The molecule has 0 unspecified atom stereocenters. The summed E-state index contributed by atoms with van der Waals surface area (Å²) >= 11 is 0. The van der Waals surface area contributed by atoms with Gasteiger partial charge in [0, 0.05) is 25.7 Å². The van der Waals surface area contributed by atoms with Crippen molar-refractivity contribution in [2.45, 2.75) is 87.1 Å².